The van der Waals surface area contributed by atoms with E-state index in [1.165, 1.54) is 0 Å². The first-order valence-electron chi connectivity index (χ1n) is 9.47. The second-order valence-corrected chi connectivity index (χ2v) is 7.09. The van der Waals surface area contributed by atoms with E-state index in [0.29, 0.717) is 41.2 Å². The second kappa shape index (κ2) is 6.70. The highest BCUT2D eigenvalue weighted by molar-refractivity contribution is 6.07. The first kappa shape index (κ1) is 17.4. The van der Waals surface area contributed by atoms with Crippen molar-refractivity contribution in [2.24, 2.45) is 0 Å². The fraction of sp³-hybridized carbons (Fsp3) is 0.182. The number of nitrogens with one attached hydrogen (secondary N) is 1. The van der Waals surface area contributed by atoms with Gasteiger partial charge in [0, 0.05) is 18.4 Å². The van der Waals surface area contributed by atoms with Crippen LogP contribution in [0.5, 0.6) is 0 Å². The number of ketones is 1. The van der Waals surface area contributed by atoms with Crippen molar-refractivity contribution < 1.29 is 14.0 Å². The van der Waals surface area contributed by atoms with Gasteiger partial charge < -0.3 is 9.73 Å². The van der Waals surface area contributed by atoms with Crippen molar-refractivity contribution in [3.63, 3.8) is 0 Å². The number of carbonyl (C=O) groups excluding carboxylic acids is 2. The molecule has 3 aromatic heterocycles. The number of benzene rings is 1. The number of aromatic nitrogens is 3. The maximum Gasteiger partial charge on any atom is 0.291 e. The van der Waals surface area contributed by atoms with E-state index in [-0.39, 0.29) is 17.5 Å². The fourth-order valence-electron chi connectivity index (χ4n) is 3.80. The molecule has 144 valence electrons. The van der Waals surface area contributed by atoms with Crippen molar-refractivity contribution in [2.75, 3.05) is 5.32 Å². The molecule has 1 amide bonds. The molecule has 1 aliphatic rings. The molecule has 0 aliphatic heterocycles. The lowest BCUT2D eigenvalue weighted by Crippen LogP contribution is -2.13. The summed E-state index contributed by atoms with van der Waals surface area (Å²) in [6.45, 7) is 1.76. The van der Waals surface area contributed by atoms with Crippen molar-refractivity contribution in [3.05, 3.63) is 71.6 Å². The summed E-state index contributed by atoms with van der Waals surface area (Å²) in [5, 5.41) is 2.80. The van der Waals surface area contributed by atoms with E-state index in [0.717, 1.165) is 17.5 Å². The van der Waals surface area contributed by atoms with Crippen LogP contribution in [-0.2, 0) is 6.42 Å². The Labute approximate surface area is 166 Å². The average molecular weight is 386 g/mol. The number of aryl methyl sites for hydroxylation is 1. The van der Waals surface area contributed by atoms with Gasteiger partial charge in [0.25, 0.3) is 5.91 Å². The average Bonchev–Trinajstić information content (AvgIpc) is 3.31. The maximum absolute atomic E-state index is 12.7. The summed E-state index contributed by atoms with van der Waals surface area (Å²) in [5.74, 6) is 1.17. The van der Waals surface area contributed by atoms with E-state index in [4.69, 9.17) is 4.42 Å². The molecular weight excluding hydrogens is 368 g/mol. The number of fused-ring (bicyclic) bond motifs is 2. The Kier molecular flexibility index (Phi) is 4.01. The summed E-state index contributed by atoms with van der Waals surface area (Å²) in [4.78, 5) is 33.6. The van der Waals surface area contributed by atoms with Gasteiger partial charge in [0.15, 0.2) is 11.5 Å². The zero-order valence-electron chi connectivity index (χ0n) is 15.8. The van der Waals surface area contributed by atoms with Crippen LogP contribution < -0.4 is 5.32 Å². The van der Waals surface area contributed by atoms with Crippen molar-refractivity contribution in [2.45, 2.75) is 26.2 Å². The Morgan fingerprint density at radius 3 is 2.79 bits per heavy atom. The van der Waals surface area contributed by atoms with Gasteiger partial charge in [-0.15, -0.1) is 0 Å². The molecule has 0 atom stereocenters. The van der Waals surface area contributed by atoms with Gasteiger partial charge in [0.2, 0.25) is 0 Å². The summed E-state index contributed by atoms with van der Waals surface area (Å²) < 4.78 is 7.59. The topological polar surface area (TPSA) is 90.0 Å². The van der Waals surface area contributed by atoms with Gasteiger partial charge in [-0.25, -0.2) is 9.97 Å². The first-order chi connectivity index (χ1) is 14.1. The quantitative estimate of drug-likeness (QED) is 0.573. The van der Waals surface area contributed by atoms with E-state index in [2.05, 4.69) is 15.3 Å². The first-order valence-corrected chi connectivity index (χ1v) is 9.47. The van der Waals surface area contributed by atoms with Crippen LogP contribution in [0.3, 0.4) is 0 Å². The van der Waals surface area contributed by atoms with E-state index < -0.39 is 0 Å². The van der Waals surface area contributed by atoms with Crippen LogP contribution in [0.25, 0.3) is 16.9 Å². The molecule has 7 nitrogen and oxygen atoms in total. The normalized spacial score (nSPS) is 13.5. The number of hydrogen-bond acceptors (Lipinski definition) is 5. The van der Waals surface area contributed by atoms with E-state index in [9.17, 15) is 9.59 Å². The molecule has 29 heavy (non-hydrogen) atoms. The number of furan rings is 1. The molecule has 0 saturated carbocycles. The molecule has 4 aromatic rings. The van der Waals surface area contributed by atoms with Crippen LogP contribution in [0, 0.1) is 6.92 Å². The molecule has 5 rings (SSSR count). The smallest absolute Gasteiger partial charge is 0.291 e. The van der Waals surface area contributed by atoms with E-state index in [1.807, 2.05) is 34.9 Å². The number of imidazole rings is 1. The predicted octanol–water partition coefficient (Wildman–Crippen LogP) is 4.09. The highest BCUT2D eigenvalue weighted by Crippen LogP contribution is 2.29. The van der Waals surface area contributed by atoms with Gasteiger partial charge in [-0.1, -0.05) is 12.1 Å². The molecule has 0 spiro atoms. The molecule has 0 radical (unpaired) electrons. The van der Waals surface area contributed by atoms with Crippen molar-refractivity contribution >= 4 is 28.4 Å². The molecular formula is C22H18N4O3. The number of pyridine rings is 1. The van der Waals surface area contributed by atoms with Gasteiger partial charge in [-0.05, 0) is 37.6 Å². The molecule has 1 aliphatic carbocycles. The number of anilines is 1. The number of amides is 1. The standard InChI is InChI=1S/C22H18N4O3/c1-13-20-17(27)7-4-8-18(20)29-21(13)22(28)25-14-9-10-19(23-11-14)26-12-24-15-5-2-3-6-16(15)26/h2-3,5-6,9-12H,4,7-8H2,1H3,(H,25,28). The van der Waals surface area contributed by atoms with Crippen LogP contribution in [-0.4, -0.2) is 26.2 Å². The van der Waals surface area contributed by atoms with E-state index in [1.54, 1.807) is 25.5 Å². The minimum Gasteiger partial charge on any atom is -0.455 e. The third-order valence-corrected chi connectivity index (χ3v) is 5.22. The highest BCUT2D eigenvalue weighted by Gasteiger charge is 2.28. The molecule has 7 heteroatoms. The number of nitrogens with zero attached hydrogens (tertiary/aromatic N) is 3. The van der Waals surface area contributed by atoms with Crippen molar-refractivity contribution in [3.8, 4) is 5.82 Å². The molecule has 1 aromatic carbocycles. The van der Waals surface area contributed by atoms with Gasteiger partial charge in [0.05, 0.1) is 28.5 Å². The lowest BCUT2D eigenvalue weighted by Gasteiger charge is -2.07. The number of para-hydroxylation sites is 2. The summed E-state index contributed by atoms with van der Waals surface area (Å²) in [5.41, 5.74) is 3.57. The van der Waals surface area contributed by atoms with Crippen molar-refractivity contribution in [1.82, 2.24) is 14.5 Å². The van der Waals surface area contributed by atoms with Gasteiger partial charge >= 0.3 is 0 Å². The Morgan fingerprint density at radius 1 is 1.14 bits per heavy atom. The number of rotatable bonds is 3. The minimum absolute atomic E-state index is 0.0464. The SMILES string of the molecule is Cc1c(C(=O)Nc2ccc(-n3cnc4ccccc43)nc2)oc2c1C(=O)CCC2. The molecule has 0 unspecified atom stereocenters. The zero-order valence-corrected chi connectivity index (χ0v) is 15.8. The number of Topliss-reactive ketones (excluding diaryl/α,β-unsaturated/α-hetero) is 1. The molecule has 1 N–H and O–H groups in total. The zero-order chi connectivity index (χ0) is 20.0. The highest BCUT2D eigenvalue weighted by atomic mass is 16.4. The Balaban J connectivity index is 1.39. The lowest BCUT2D eigenvalue weighted by molar-refractivity contribution is 0.0963. The Hall–Kier alpha value is -3.74. The van der Waals surface area contributed by atoms with Crippen molar-refractivity contribution in [1.29, 1.82) is 0 Å². The van der Waals surface area contributed by atoms with Crippen LogP contribution in [0.4, 0.5) is 5.69 Å². The summed E-state index contributed by atoms with van der Waals surface area (Å²) in [7, 11) is 0. The van der Waals surface area contributed by atoms with Crippen LogP contribution in [0.15, 0.2) is 53.3 Å². The van der Waals surface area contributed by atoms with Gasteiger partial charge in [-0.2, -0.15) is 0 Å². The van der Waals surface area contributed by atoms with E-state index >= 15 is 0 Å². The molecule has 3 heterocycles. The molecule has 0 bridgehead atoms. The molecule has 0 fully saturated rings. The number of hydrogen-bond donors (Lipinski definition) is 1. The summed E-state index contributed by atoms with van der Waals surface area (Å²) in [6.07, 6.45) is 5.26. The minimum atomic E-state index is -0.382. The monoisotopic (exact) mass is 386 g/mol. The van der Waals surface area contributed by atoms with Crippen LogP contribution in [0.1, 0.15) is 45.1 Å². The Morgan fingerprint density at radius 2 is 2.00 bits per heavy atom. The van der Waals surface area contributed by atoms with Crippen LogP contribution >= 0.6 is 0 Å². The van der Waals surface area contributed by atoms with Gasteiger partial charge in [0.1, 0.15) is 17.9 Å². The second-order valence-electron chi connectivity index (χ2n) is 7.09. The fourth-order valence-corrected chi connectivity index (χ4v) is 3.80. The van der Waals surface area contributed by atoms with Crippen LogP contribution in [0.2, 0.25) is 0 Å². The number of carbonyl (C=O) groups is 2. The predicted molar refractivity (Wildman–Crippen MR) is 108 cm³/mol. The van der Waals surface area contributed by atoms with Gasteiger partial charge in [-0.3, -0.25) is 14.2 Å². The summed E-state index contributed by atoms with van der Waals surface area (Å²) in [6, 6.07) is 11.4. The third-order valence-electron chi connectivity index (χ3n) is 5.22. The summed E-state index contributed by atoms with van der Waals surface area (Å²) >= 11 is 0. The maximum atomic E-state index is 12.7. The molecule has 0 saturated heterocycles. The largest absolute Gasteiger partial charge is 0.455 e. The Bertz CT molecular complexity index is 1250. The lowest BCUT2D eigenvalue weighted by atomic mass is 9.94. The third kappa shape index (κ3) is 2.91.